The van der Waals surface area contributed by atoms with Crippen LogP contribution in [0.15, 0.2) is 48.6 Å². The number of unbranched alkanes of at least 4 members (excludes halogenated alkanes) is 28. The molecular formula is C52H95NO5. The predicted octanol–water partition coefficient (Wildman–Crippen LogP) is 14.7. The summed E-state index contributed by atoms with van der Waals surface area (Å²) in [5.74, 6) is -0.101. The molecular weight excluding hydrogens is 719 g/mol. The van der Waals surface area contributed by atoms with Crippen LogP contribution in [0.5, 0.6) is 0 Å². The molecule has 338 valence electrons. The Morgan fingerprint density at radius 1 is 0.483 bits per heavy atom. The molecule has 0 saturated carbocycles. The molecule has 58 heavy (non-hydrogen) atoms. The molecule has 0 aromatic heterocycles. The Morgan fingerprint density at radius 3 is 1.38 bits per heavy atom. The largest absolute Gasteiger partial charge is 0.466 e. The van der Waals surface area contributed by atoms with E-state index in [0.717, 1.165) is 70.6 Å². The molecule has 0 aliphatic rings. The fourth-order valence-electron chi connectivity index (χ4n) is 7.17. The molecule has 6 heteroatoms. The monoisotopic (exact) mass is 814 g/mol. The van der Waals surface area contributed by atoms with Crippen LogP contribution >= 0.6 is 0 Å². The van der Waals surface area contributed by atoms with Gasteiger partial charge in [0.25, 0.3) is 0 Å². The van der Waals surface area contributed by atoms with Crippen LogP contribution in [0, 0.1) is 0 Å². The van der Waals surface area contributed by atoms with Crippen LogP contribution in [0.3, 0.4) is 0 Å². The number of aliphatic hydroxyl groups excluding tert-OH is 2. The van der Waals surface area contributed by atoms with E-state index in [2.05, 4.69) is 55.6 Å². The van der Waals surface area contributed by atoms with E-state index in [0.29, 0.717) is 19.4 Å². The summed E-state index contributed by atoms with van der Waals surface area (Å²) >= 11 is 0. The van der Waals surface area contributed by atoms with Crippen molar-refractivity contribution in [2.24, 2.45) is 0 Å². The minimum atomic E-state index is -0.851. The zero-order valence-corrected chi connectivity index (χ0v) is 38.3. The van der Waals surface area contributed by atoms with E-state index < -0.39 is 12.1 Å². The van der Waals surface area contributed by atoms with E-state index >= 15 is 0 Å². The van der Waals surface area contributed by atoms with Crippen molar-refractivity contribution in [3.05, 3.63) is 48.6 Å². The van der Waals surface area contributed by atoms with Crippen molar-refractivity contribution < 1.29 is 24.5 Å². The molecule has 0 aliphatic carbocycles. The molecule has 0 aliphatic heterocycles. The zero-order chi connectivity index (χ0) is 42.3. The summed E-state index contributed by atoms with van der Waals surface area (Å²) in [4.78, 5) is 24.4. The number of hydrogen-bond donors (Lipinski definition) is 3. The molecule has 2 unspecified atom stereocenters. The highest BCUT2D eigenvalue weighted by Gasteiger charge is 2.18. The maximum Gasteiger partial charge on any atom is 0.305 e. The highest BCUT2D eigenvalue weighted by molar-refractivity contribution is 5.76. The number of allylic oxidation sites excluding steroid dienone is 7. The molecule has 0 aromatic rings. The van der Waals surface area contributed by atoms with Gasteiger partial charge in [0, 0.05) is 12.8 Å². The van der Waals surface area contributed by atoms with Crippen molar-refractivity contribution in [2.45, 2.75) is 257 Å². The smallest absolute Gasteiger partial charge is 0.305 e. The molecule has 3 N–H and O–H groups in total. The molecule has 0 bridgehead atoms. The summed E-state index contributed by atoms with van der Waals surface area (Å²) in [5.41, 5.74) is 0. The molecule has 0 saturated heterocycles. The third kappa shape index (κ3) is 43.4. The van der Waals surface area contributed by atoms with Gasteiger partial charge in [-0.05, 0) is 83.5 Å². The summed E-state index contributed by atoms with van der Waals surface area (Å²) < 4.78 is 5.45. The molecule has 0 aromatic carbocycles. The van der Waals surface area contributed by atoms with Gasteiger partial charge in [-0.2, -0.15) is 0 Å². The van der Waals surface area contributed by atoms with Gasteiger partial charge in [0.1, 0.15) is 0 Å². The maximum atomic E-state index is 12.3. The minimum absolute atomic E-state index is 0.0139. The summed E-state index contributed by atoms with van der Waals surface area (Å²) in [6.45, 7) is 4.79. The Bertz CT molecular complexity index is 988. The number of ether oxygens (including phenoxy) is 1. The summed E-state index contributed by atoms with van der Waals surface area (Å²) in [5, 5.41) is 22.9. The van der Waals surface area contributed by atoms with Crippen molar-refractivity contribution in [3.63, 3.8) is 0 Å². The van der Waals surface area contributed by atoms with Gasteiger partial charge in [-0.1, -0.05) is 197 Å². The van der Waals surface area contributed by atoms with Crippen LogP contribution in [0.4, 0.5) is 0 Å². The molecule has 0 rings (SSSR count). The number of amides is 1. The summed E-state index contributed by atoms with van der Waals surface area (Å²) in [6.07, 6.45) is 58.3. The van der Waals surface area contributed by atoms with Gasteiger partial charge in [0.2, 0.25) is 5.91 Å². The highest BCUT2D eigenvalue weighted by atomic mass is 16.5. The first-order chi connectivity index (χ1) is 28.5. The molecule has 0 spiro atoms. The third-order valence-corrected chi connectivity index (χ3v) is 11.1. The van der Waals surface area contributed by atoms with Crippen LogP contribution in [0.25, 0.3) is 0 Å². The lowest BCUT2D eigenvalue weighted by molar-refractivity contribution is -0.143. The van der Waals surface area contributed by atoms with E-state index in [9.17, 15) is 19.8 Å². The van der Waals surface area contributed by atoms with Gasteiger partial charge < -0.3 is 20.3 Å². The minimum Gasteiger partial charge on any atom is -0.466 e. The average molecular weight is 814 g/mol. The average Bonchev–Trinajstić information content (AvgIpc) is 3.22. The Labute approximate surface area is 359 Å². The Balaban J connectivity index is 3.47. The SMILES string of the molecule is CCCC/C=C\C/C=C\CCCCCCCC(=O)OCCCCCCCCCCC/C=C\CCCCCCCC(=O)NC(CO)C(O)/C=C/CCCCCCCCC. The Kier molecular flexibility index (Phi) is 45.7. The van der Waals surface area contributed by atoms with Crippen LogP contribution < -0.4 is 5.32 Å². The third-order valence-electron chi connectivity index (χ3n) is 11.1. The first-order valence-corrected chi connectivity index (χ1v) is 24.9. The lowest BCUT2D eigenvalue weighted by Crippen LogP contribution is -2.45. The normalized spacial score (nSPS) is 13.1. The zero-order valence-electron chi connectivity index (χ0n) is 38.3. The standard InChI is InChI=1S/C52H95NO5/c1-3-5-7-9-11-13-14-15-23-26-30-34-38-42-46-52(57)58-47-43-39-35-31-27-24-21-19-17-16-18-20-22-25-29-33-37-41-45-51(56)53-49(48-54)50(55)44-40-36-32-28-12-10-8-6-4-2/h9,11,14-15,18,20,40,44,49-50,54-55H,3-8,10,12-13,16-17,19,21-39,41-43,45-48H2,1-2H3,(H,53,56)/b11-9-,15-14-,20-18-,44-40+. The van der Waals surface area contributed by atoms with E-state index in [1.807, 2.05) is 6.08 Å². The number of hydrogen-bond acceptors (Lipinski definition) is 5. The number of nitrogens with one attached hydrogen (secondary N) is 1. The van der Waals surface area contributed by atoms with Crippen molar-refractivity contribution in [3.8, 4) is 0 Å². The Hall–Kier alpha value is -2.18. The summed E-state index contributed by atoms with van der Waals surface area (Å²) in [6, 6.07) is -0.636. The second kappa shape index (κ2) is 47.5. The molecule has 1 amide bonds. The van der Waals surface area contributed by atoms with Crippen LogP contribution in [-0.2, 0) is 14.3 Å². The van der Waals surface area contributed by atoms with Crippen molar-refractivity contribution in [1.29, 1.82) is 0 Å². The molecule has 6 nitrogen and oxygen atoms in total. The van der Waals surface area contributed by atoms with E-state index in [1.165, 1.54) is 148 Å². The van der Waals surface area contributed by atoms with Crippen molar-refractivity contribution in [2.75, 3.05) is 13.2 Å². The van der Waals surface area contributed by atoms with Crippen molar-refractivity contribution >= 4 is 11.9 Å². The molecule has 2 atom stereocenters. The first kappa shape index (κ1) is 55.8. The highest BCUT2D eigenvalue weighted by Crippen LogP contribution is 2.14. The second-order valence-corrected chi connectivity index (χ2v) is 16.8. The lowest BCUT2D eigenvalue weighted by atomic mass is 10.1. The van der Waals surface area contributed by atoms with Gasteiger partial charge in [-0.25, -0.2) is 0 Å². The first-order valence-electron chi connectivity index (χ1n) is 24.9. The van der Waals surface area contributed by atoms with E-state index in [4.69, 9.17) is 4.74 Å². The fraction of sp³-hybridized carbons (Fsp3) is 0.808. The topological polar surface area (TPSA) is 95.9 Å². The van der Waals surface area contributed by atoms with Gasteiger partial charge >= 0.3 is 5.97 Å². The fourth-order valence-corrected chi connectivity index (χ4v) is 7.17. The number of rotatable bonds is 45. The van der Waals surface area contributed by atoms with Crippen molar-refractivity contribution in [1.82, 2.24) is 5.32 Å². The van der Waals surface area contributed by atoms with Gasteiger partial charge in [-0.15, -0.1) is 0 Å². The quantitative estimate of drug-likeness (QED) is 0.0323. The molecule has 0 heterocycles. The second-order valence-electron chi connectivity index (χ2n) is 16.8. The van der Waals surface area contributed by atoms with Crippen LogP contribution in [0.1, 0.15) is 245 Å². The number of esters is 1. The van der Waals surface area contributed by atoms with Gasteiger partial charge in [0.15, 0.2) is 0 Å². The Morgan fingerprint density at radius 2 is 0.879 bits per heavy atom. The van der Waals surface area contributed by atoms with Gasteiger partial charge in [-0.3, -0.25) is 9.59 Å². The lowest BCUT2D eigenvalue weighted by Gasteiger charge is -2.20. The van der Waals surface area contributed by atoms with E-state index in [1.54, 1.807) is 6.08 Å². The predicted molar refractivity (Wildman–Crippen MR) is 250 cm³/mol. The maximum absolute atomic E-state index is 12.3. The van der Waals surface area contributed by atoms with E-state index in [-0.39, 0.29) is 18.5 Å². The number of carbonyl (C=O) groups excluding carboxylic acids is 2. The summed E-state index contributed by atoms with van der Waals surface area (Å²) in [7, 11) is 0. The van der Waals surface area contributed by atoms with Crippen LogP contribution in [-0.4, -0.2) is 47.4 Å². The number of aliphatic hydroxyl groups is 2. The number of carbonyl (C=O) groups is 2. The molecule has 0 fully saturated rings. The molecule has 0 radical (unpaired) electrons. The van der Waals surface area contributed by atoms with Gasteiger partial charge in [0.05, 0.1) is 25.4 Å². The van der Waals surface area contributed by atoms with Crippen LogP contribution in [0.2, 0.25) is 0 Å².